The Labute approximate surface area is 261 Å². The third kappa shape index (κ3) is 8.70. The summed E-state index contributed by atoms with van der Waals surface area (Å²) in [5.41, 5.74) is 2.27. The van der Waals surface area contributed by atoms with Crippen LogP contribution >= 0.6 is 46.1 Å². The summed E-state index contributed by atoms with van der Waals surface area (Å²) in [6.07, 6.45) is 4.61. The highest BCUT2D eigenvalue weighted by Crippen LogP contribution is 2.42. The minimum atomic E-state index is -0.395. The van der Waals surface area contributed by atoms with Gasteiger partial charge in [-0.05, 0) is 104 Å². The van der Waals surface area contributed by atoms with E-state index in [4.69, 9.17) is 44.3 Å². The summed E-state index contributed by atoms with van der Waals surface area (Å²) in [7, 11) is 0. The van der Waals surface area contributed by atoms with Crippen molar-refractivity contribution in [2.45, 2.75) is 56.6 Å². The highest BCUT2D eigenvalue weighted by molar-refractivity contribution is 7.13. The number of benzene rings is 2. The summed E-state index contributed by atoms with van der Waals surface area (Å²) in [5.74, 6) is 0.610. The fourth-order valence-electron chi connectivity index (χ4n) is 6.00. The highest BCUT2D eigenvalue weighted by Gasteiger charge is 2.40. The Morgan fingerprint density at radius 1 is 0.951 bits per heavy atom. The van der Waals surface area contributed by atoms with E-state index in [-0.39, 0.29) is 23.2 Å². The first-order valence-corrected chi connectivity index (χ1v) is 16.3. The second-order valence-electron chi connectivity index (χ2n) is 11.0. The minimum Gasteiger partial charge on any atom is -0.422 e. The summed E-state index contributed by atoms with van der Waals surface area (Å²) in [4.78, 5) is 16.9. The molecule has 1 saturated heterocycles. The fourth-order valence-corrected chi connectivity index (χ4v) is 7.99. The van der Waals surface area contributed by atoms with Crippen LogP contribution in [0.25, 0.3) is 0 Å². The third-order valence-electron chi connectivity index (χ3n) is 8.13. The zero-order chi connectivity index (χ0) is 28.8. The molecule has 0 radical (unpaired) electrons. The number of hydrogen-bond acceptors (Lipinski definition) is 6. The van der Waals surface area contributed by atoms with Gasteiger partial charge in [-0.2, -0.15) is 0 Å². The predicted octanol–water partition coefficient (Wildman–Crippen LogP) is 7.67. The van der Waals surface area contributed by atoms with Crippen molar-refractivity contribution >= 4 is 52.1 Å². The predicted molar refractivity (Wildman–Crippen MR) is 167 cm³/mol. The molecule has 2 heterocycles. The Kier molecular flexibility index (Phi) is 11.0. The maximum Gasteiger partial charge on any atom is 0.353 e. The van der Waals surface area contributed by atoms with E-state index in [0.717, 1.165) is 75.4 Å². The van der Waals surface area contributed by atoms with Crippen LogP contribution in [0.15, 0.2) is 54.6 Å². The van der Waals surface area contributed by atoms with Crippen LogP contribution in [0.2, 0.25) is 10.0 Å². The molecule has 1 aliphatic heterocycles. The van der Waals surface area contributed by atoms with E-state index >= 15 is 0 Å². The third-order valence-corrected chi connectivity index (χ3v) is 10.2. The van der Waals surface area contributed by atoms with Gasteiger partial charge in [0.25, 0.3) is 0 Å². The maximum absolute atomic E-state index is 12.8. The molecule has 0 unspecified atom stereocenters. The zero-order valence-corrected chi connectivity index (χ0v) is 26.0. The molecule has 1 N–H and O–H groups in total. The number of hydrogen-bond donors (Lipinski definition) is 1. The maximum atomic E-state index is 12.8. The van der Waals surface area contributed by atoms with Gasteiger partial charge in [-0.3, -0.25) is 4.90 Å². The molecular formula is C32H36Cl3NO4S. The van der Waals surface area contributed by atoms with E-state index in [1.54, 1.807) is 6.07 Å². The number of nitrogens with zero attached hydrogens (tertiary/aromatic N) is 1. The number of aryl methyl sites for hydroxylation is 2. The Bertz CT molecular complexity index is 1270. The van der Waals surface area contributed by atoms with Crippen molar-refractivity contribution < 1.29 is 19.4 Å². The molecule has 9 heteroatoms. The number of aliphatic hydroxyl groups excluding tert-OH is 1. The fraction of sp³-hybridized carbons (Fsp3) is 0.469. The molecule has 220 valence electrons. The normalized spacial score (nSPS) is 23.1. The molecule has 1 saturated carbocycles. The van der Waals surface area contributed by atoms with Gasteiger partial charge in [-0.25, -0.2) is 4.79 Å². The Hall–Kier alpha value is -1.64. The van der Waals surface area contributed by atoms with E-state index in [0.29, 0.717) is 27.1 Å². The number of rotatable bonds is 11. The average molecular weight is 637 g/mol. The van der Waals surface area contributed by atoms with Crippen molar-refractivity contribution in [2.75, 3.05) is 26.3 Å². The van der Waals surface area contributed by atoms with Crippen LogP contribution in [0.1, 0.15) is 51.4 Å². The van der Waals surface area contributed by atoms with Crippen LogP contribution in [0.5, 0.6) is 5.75 Å². The number of carbonyl (C=O) groups excluding carboxylic acids is 1. The van der Waals surface area contributed by atoms with Gasteiger partial charge < -0.3 is 14.6 Å². The Balaban J connectivity index is 1.08. The number of aliphatic hydroxyl groups is 1. The molecule has 0 spiro atoms. The molecule has 2 fully saturated rings. The van der Waals surface area contributed by atoms with Gasteiger partial charge in [0.05, 0.1) is 19.3 Å². The van der Waals surface area contributed by atoms with E-state index < -0.39 is 6.10 Å². The van der Waals surface area contributed by atoms with Crippen molar-refractivity contribution in [3.8, 4) is 5.75 Å². The molecule has 2 aromatic carbocycles. The monoisotopic (exact) mass is 635 g/mol. The van der Waals surface area contributed by atoms with Crippen molar-refractivity contribution in [2.24, 2.45) is 11.8 Å². The van der Waals surface area contributed by atoms with Gasteiger partial charge in [0, 0.05) is 39.9 Å². The highest BCUT2D eigenvalue weighted by atomic mass is 35.5. The molecule has 3 aromatic rings. The molecule has 0 bridgehead atoms. The first-order chi connectivity index (χ1) is 19.8. The second kappa shape index (κ2) is 14.7. The Morgan fingerprint density at radius 3 is 2.41 bits per heavy atom. The van der Waals surface area contributed by atoms with Gasteiger partial charge in [-0.15, -0.1) is 22.9 Å². The van der Waals surface area contributed by atoms with Crippen molar-refractivity contribution in [3.05, 3.63) is 85.5 Å². The second-order valence-corrected chi connectivity index (χ2v) is 13.6. The molecule has 1 aliphatic carbocycles. The molecule has 1 aromatic heterocycles. The van der Waals surface area contributed by atoms with Gasteiger partial charge in [-0.1, -0.05) is 35.3 Å². The zero-order valence-electron chi connectivity index (χ0n) is 22.9. The largest absolute Gasteiger partial charge is 0.422 e. The van der Waals surface area contributed by atoms with Crippen LogP contribution < -0.4 is 4.74 Å². The molecule has 2 aliphatic rings. The van der Waals surface area contributed by atoms with Crippen LogP contribution in [0, 0.1) is 11.8 Å². The van der Waals surface area contributed by atoms with Gasteiger partial charge >= 0.3 is 5.97 Å². The SMILES string of the molecule is O=C(Oc1ccc(CN2CCOCC2)cc1)c1ccc(CCC[C@@H]2[C@@H](CCc3cc(Cl)cc(Cl)c3)[C@H](O)C[C@H]2Cl)s1. The topological polar surface area (TPSA) is 59.0 Å². The first kappa shape index (κ1) is 30.8. The first-order valence-electron chi connectivity index (χ1n) is 14.3. The van der Waals surface area contributed by atoms with Crippen LogP contribution in [-0.2, 0) is 24.1 Å². The van der Waals surface area contributed by atoms with Crippen LogP contribution in [0.3, 0.4) is 0 Å². The average Bonchev–Trinajstić information content (AvgIpc) is 3.52. The number of carbonyl (C=O) groups is 1. The standard InChI is InChI=1S/C32H36Cl3NO4S/c33-23-16-22(17-24(34)18-23)6-10-28-27(29(35)19-30(28)37)3-1-2-26-9-11-31(41-26)32(38)40-25-7-4-21(5-8-25)20-36-12-14-39-15-13-36/h4-5,7-9,11,16-18,27-30,37H,1-3,6,10,12-15,19-20H2/t27-,28-,29-,30-/m1/s1. The lowest BCUT2D eigenvalue weighted by Gasteiger charge is -2.26. The summed E-state index contributed by atoms with van der Waals surface area (Å²) in [6.45, 7) is 4.29. The van der Waals surface area contributed by atoms with Gasteiger partial charge in [0.1, 0.15) is 10.6 Å². The lowest BCUT2D eigenvalue weighted by atomic mass is 9.85. The molecule has 41 heavy (non-hydrogen) atoms. The van der Waals surface area contributed by atoms with E-state index in [9.17, 15) is 9.90 Å². The van der Waals surface area contributed by atoms with Crippen molar-refractivity contribution in [1.82, 2.24) is 4.90 Å². The lowest BCUT2D eigenvalue weighted by Crippen LogP contribution is -2.35. The number of ether oxygens (including phenoxy) is 2. The lowest BCUT2D eigenvalue weighted by molar-refractivity contribution is 0.0342. The number of morpholine rings is 1. The minimum absolute atomic E-state index is 0.0351. The smallest absolute Gasteiger partial charge is 0.353 e. The summed E-state index contributed by atoms with van der Waals surface area (Å²) in [6, 6.07) is 17.2. The molecule has 5 nitrogen and oxygen atoms in total. The Morgan fingerprint density at radius 2 is 1.68 bits per heavy atom. The van der Waals surface area contributed by atoms with Crippen molar-refractivity contribution in [3.63, 3.8) is 0 Å². The van der Waals surface area contributed by atoms with E-state index in [2.05, 4.69) is 4.90 Å². The molecule has 0 amide bonds. The van der Waals surface area contributed by atoms with Crippen molar-refractivity contribution in [1.29, 1.82) is 0 Å². The summed E-state index contributed by atoms with van der Waals surface area (Å²) in [5, 5.41) is 11.9. The quantitative estimate of drug-likeness (QED) is 0.133. The molecule has 4 atom stereocenters. The number of esters is 1. The van der Waals surface area contributed by atoms with E-state index in [1.165, 1.54) is 16.9 Å². The number of halogens is 3. The number of alkyl halides is 1. The van der Waals surface area contributed by atoms with Crippen LogP contribution in [0.4, 0.5) is 0 Å². The number of thiophene rings is 1. The van der Waals surface area contributed by atoms with Crippen LogP contribution in [-0.4, -0.2) is 53.8 Å². The van der Waals surface area contributed by atoms with Gasteiger partial charge in [0.15, 0.2) is 0 Å². The van der Waals surface area contributed by atoms with E-state index in [1.807, 2.05) is 48.5 Å². The summed E-state index contributed by atoms with van der Waals surface area (Å²) >= 11 is 20.5. The van der Waals surface area contributed by atoms with Gasteiger partial charge in [0.2, 0.25) is 0 Å². The summed E-state index contributed by atoms with van der Waals surface area (Å²) < 4.78 is 11.0. The molecular weight excluding hydrogens is 601 g/mol. The molecule has 5 rings (SSSR count).